The molecule has 2 N–H and O–H groups in total. The molecule has 0 bridgehead atoms. The van der Waals surface area contributed by atoms with Gasteiger partial charge in [0.05, 0.1) is 0 Å². The van der Waals surface area contributed by atoms with Crippen LogP contribution in [0.5, 0.6) is 0 Å². The van der Waals surface area contributed by atoms with Crippen molar-refractivity contribution in [3.8, 4) is 0 Å². The predicted molar refractivity (Wildman–Crippen MR) is 138 cm³/mol. The van der Waals surface area contributed by atoms with E-state index < -0.39 is 0 Å². The summed E-state index contributed by atoms with van der Waals surface area (Å²) in [5.74, 6) is 1.99. The lowest BCUT2D eigenvalue weighted by molar-refractivity contribution is 0.626. The fourth-order valence-corrected chi connectivity index (χ4v) is 4.63. The smallest absolute Gasteiger partial charge is 0.231 e. The van der Waals surface area contributed by atoms with Gasteiger partial charge < -0.3 is 20.4 Å². The molecule has 1 fully saturated rings. The maximum Gasteiger partial charge on any atom is 0.231 e. The fraction of sp³-hybridized carbons (Fsp3) is 0.308. The lowest BCUT2D eigenvalue weighted by Crippen LogP contribution is -2.47. The molecule has 0 atom stereocenters. The number of hydrogen-bond acceptors (Lipinski definition) is 10. The van der Waals surface area contributed by atoms with Crippen LogP contribution < -0.4 is 20.4 Å². The SMILES string of the molecule is c1cncc(Cc2cnc(N3CCN(c4ncnc(Nc5ccc6c(c5)CNCC6)n4)CC3)nc2)c1. The normalized spacial score (nSPS) is 15.4. The molecule has 1 aromatic carbocycles. The molecule has 182 valence electrons. The number of aromatic nitrogens is 6. The quantitative estimate of drug-likeness (QED) is 0.427. The van der Waals surface area contributed by atoms with Crippen LogP contribution in [-0.4, -0.2) is 62.6 Å². The zero-order chi connectivity index (χ0) is 24.2. The largest absolute Gasteiger partial charge is 0.337 e. The first-order valence-corrected chi connectivity index (χ1v) is 12.3. The van der Waals surface area contributed by atoms with Crippen molar-refractivity contribution in [1.29, 1.82) is 0 Å². The van der Waals surface area contributed by atoms with Crippen LogP contribution in [0.3, 0.4) is 0 Å². The second-order valence-corrected chi connectivity index (χ2v) is 9.05. The molecule has 0 unspecified atom stereocenters. The van der Waals surface area contributed by atoms with E-state index in [1.54, 1.807) is 12.5 Å². The number of anilines is 4. The molecule has 2 aliphatic heterocycles. The predicted octanol–water partition coefficient (Wildman–Crippen LogP) is 2.36. The van der Waals surface area contributed by atoms with Gasteiger partial charge in [0.2, 0.25) is 17.8 Å². The number of rotatable bonds is 6. The highest BCUT2D eigenvalue weighted by atomic mass is 15.4. The van der Waals surface area contributed by atoms with Gasteiger partial charge in [0.1, 0.15) is 6.33 Å². The summed E-state index contributed by atoms with van der Waals surface area (Å²) in [5.41, 5.74) is 5.94. The average Bonchev–Trinajstić information content (AvgIpc) is 2.94. The molecule has 0 radical (unpaired) electrons. The van der Waals surface area contributed by atoms with Gasteiger partial charge in [-0.3, -0.25) is 4.98 Å². The Hall–Kier alpha value is -4.18. The van der Waals surface area contributed by atoms with E-state index in [4.69, 9.17) is 0 Å². The number of pyridine rings is 1. The van der Waals surface area contributed by atoms with E-state index in [9.17, 15) is 0 Å². The molecule has 3 aromatic heterocycles. The van der Waals surface area contributed by atoms with Gasteiger partial charge in [0.15, 0.2) is 0 Å². The topological polar surface area (TPSA) is 108 Å². The van der Waals surface area contributed by atoms with Crippen molar-refractivity contribution in [3.63, 3.8) is 0 Å². The van der Waals surface area contributed by atoms with Gasteiger partial charge in [-0.05, 0) is 53.4 Å². The third kappa shape index (κ3) is 5.08. The van der Waals surface area contributed by atoms with Crippen molar-refractivity contribution in [2.45, 2.75) is 19.4 Å². The van der Waals surface area contributed by atoms with Crippen molar-refractivity contribution in [2.75, 3.05) is 47.8 Å². The summed E-state index contributed by atoms with van der Waals surface area (Å²) in [6.07, 6.45) is 10.9. The van der Waals surface area contributed by atoms with Crippen molar-refractivity contribution in [1.82, 2.24) is 35.2 Å². The molecule has 6 rings (SSSR count). The molecule has 0 amide bonds. The maximum absolute atomic E-state index is 4.68. The Balaban J connectivity index is 1.06. The van der Waals surface area contributed by atoms with E-state index in [-0.39, 0.29) is 0 Å². The Morgan fingerprint density at radius 3 is 2.47 bits per heavy atom. The molecule has 4 aromatic rings. The number of benzene rings is 1. The van der Waals surface area contributed by atoms with Crippen LogP contribution in [0.25, 0.3) is 0 Å². The van der Waals surface area contributed by atoms with Gasteiger partial charge in [0, 0.05) is 69.6 Å². The monoisotopic (exact) mass is 480 g/mol. The van der Waals surface area contributed by atoms with Crippen LogP contribution in [0, 0.1) is 0 Å². The first kappa shape index (κ1) is 22.3. The van der Waals surface area contributed by atoms with E-state index in [0.29, 0.717) is 11.9 Å². The van der Waals surface area contributed by atoms with Crippen molar-refractivity contribution in [3.05, 3.63) is 83.7 Å². The fourth-order valence-electron chi connectivity index (χ4n) is 4.63. The second kappa shape index (κ2) is 10.2. The van der Waals surface area contributed by atoms with E-state index in [1.165, 1.54) is 11.1 Å². The molecule has 1 saturated heterocycles. The van der Waals surface area contributed by atoms with E-state index in [2.05, 4.69) is 74.6 Å². The van der Waals surface area contributed by atoms with Gasteiger partial charge >= 0.3 is 0 Å². The van der Waals surface area contributed by atoms with E-state index in [0.717, 1.165) is 74.9 Å². The van der Waals surface area contributed by atoms with Crippen LogP contribution in [0.15, 0.2) is 61.4 Å². The highest BCUT2D eigenvalue weighted by Gasteiger charge is 2.21. The number of fused-ring (bicyclic) bond motifs is 1. The lowest BCUT2D eigenvalue weighted by atomic mass is 10.0. The number of piperazine rings is 1. The molecular weight excluding hydrogens is 452 g/mol. The number of nitrogens with one attached hydrogen (secondary N) is 2. The van der Waals surface area contributed by atoms with Crippen molar-refractivity contribution < 1.29 is 0 Å². The number of nitrogens with zero attached hydrogens (tertiary/aromatic N) is 8. The van der Waals surface area contributed by atoms with Crippen LogP contribution in [0.4, 0.5) is 23.5 Å². The molecule has 36 heavy (non-hydrogen) atoms. The summed E-state index contributed by atoms with van der Waals surface area (Å²) in [7, 11) is 0. The molecule has 10 heteroatoms. The van der Waals surface area contributed by atoms with Crippen LogP contribution in [0.1, 0.15) is 22.3 Å². The summed E-state index contributed by atoms with van der Waals surface area (Å²) in [6, 6.07) is 10.5. The highest BCUT2D eigenvalue weighted by Crippen LogP contribution is 2.22. The molecule has 2 aliphatic rings. The minimum Gasteiger partial charge on any atom is -0.337 e. The molecular formula is C26H28N10. The summed E-state index contributed by atoms with van der Waals surface area (Å²) in [5, 5.41) is 6.76. The Morgan fingerprint density at radius 2 is 1.67 bits per heavy atom. The van der Waals surface area contributed by atoms with Gasteiger partial charge in [-0.15, -0.1) is 0 Å². The highest BCUT2D eigenvalue weighted by molar-refractivity contribution is 5.57. The zero-order valence-electron chi connectivity index (χ0n) is 20.0. The van der Waals surface area contributed by atoms with Crippen molar-refractivity contribution >= 4 is 23.5 Å². The molecule has 0 saturated carbocycles. The van der Waals surface area contributed by atoms with Gasteiger partial charge in [-0.1, -0.05) is 12.1 Å². The summed E-state index contributed by atoms with van der Waals surface area (Å²) in [6.45, 7) is 5.11. The maximum atomic E-state index is 4.68. The van der Waals surface area contributed by atoms with Crippen molar-refractivity contribution in [2.24, 2.45) is 0 Å². The first-order valence-electron chi connectivity index (χ1n) is 12.3. The third-order valence-electron chi connectivity index (χ3n) is 6.58. The third-order valence-corrected chi connectivity index (χ3v) is 6.58. The lowest BCUT2D eigenvalue weighted by Gasteiger charge is -2.34. The summed E-state index contributed by atoms with van der Waals surface area (Å²) in [4.78, 5) is 31.2. The number of hydrogen-bond donors (Lipinski definition) is 2. The van der Waals surface area contributed by atoms with Gasteiger partial charge in [-0.25, -0.2) is 19.9 Å². The average molecular weight is 481 g/mol. The van der Waals surface area contributed by atoms with Crippen LogP contribution >= 0.6 is 0 Å². The Morgan fingerprint density at radius 1 is 0.833 bits per heavy atom. The molecule has 0 spiro atoms. The van der Waals surface area contributed by atoms with Crippen LogP contribution in [-0.2, 0) is 19.4 Å². The van der Waals surface area contributed by atoms with Gasteiger partial charge in [0.25, 0.3) is 0 Å². The zero-order valence-corrected chi connectivity index (χ0v) is 20.0. The minimum atomic E-state index is 0.554. The van der Waals surface area contributed by atoms with Gasteiger partial charge in [-0.2, -0.15) is 4.98 Å². The van der Waals surface area contributed by atoms with Crippen LogP contribution in [0.2, 0.25) is 0 Å². The summed E-state index contributed by atoms with van der Waals surface area (Å²) >= 11 is 0. The first-order chi connectivity index (χ1) is 17.8. The Labute approximate surface area is 209 Å². The minimum absolute atomic E-state index is 0.554. The second-order valence-electron chi connectivity index (χ2n) is 9.05. The molecule has 5 heterocycles. The Kier molecular flexibility index (Phi) is 6.32. The molecule has 0 aliphatic carbocycles. The van der Waals surface area contributed by atoms with E-state index in [1.807, 2.05) is 24.7 Å². The summed E-state index contributed by atoms with van der Waals surface area (Å²) < 4.78 is 0. The Bertz CT molecular complexity index is 1300. The molecule has 10 nitrogen and oxygen atoms in total. The standard InChI is InChI=1S/C26H28N10/c1-2-19(14-27-6-1)12-20-15-29-25(30-16-20)35-8-10-36(11-9-35)26-32-18-31-24(34-26)33-23-4-3-21-5-7-28-17-22(21)13-23/h1-4,6,13-16,18,28H,5,7-12,17H2,(H,31,32,33,34). The van der Waals surface area contributed by atoms with E-state index >= 15 is 0 Å².